The Hall–Kier alpha value is -3.53. The highest BCUT2D eigenvalue weighted by Gasteiger charge is 2.16. The average Bonchev–Trinajstić information content (AvgIpc) is 3.15. The second-order valence-corrected chi connectivity index (χ2v) is 7.34. The van der Waals surface area contributed by atoms with Gasteiger partial charge in [0.15, 0.2) is 18.1 Å². The summed E-state index contributed by atoms with van der Waals surface area (Å²) in [6.07, 6.45) is 2.68. The molecule has 1 heterocycles. The van der Waals surface area contributed by atoms with E-state index in [0.717, 1.165) is 11.3 Å². The first-order chi connectivity index (χ1) is 15.3. The van der Waals surface area contributed by atoms with E-state index in [-0.39, 0.29) is 6.61 Å². The first-order valence-electron chi connectivity index (χ1n) is 9.55. The third-order valence-electron chi connectivity index (χ3n) is 4.09. The summed E-state index contributed by atoms with van der Waals surface area (Å²) in [6.45, 7) is 3.24. The lowest BCUT2D eigenvalue weighted by atomic mass is 10.1. The van der Waals surface area contributed by atoms with Crippen molar-refractivity contribution in [2.75, 3.05) is 39.9 Å². The molecule has 0 aliphatic rings. The van der Waals surface area contributed by atoms with Gasteiger partial charge >= 0.3 is 11.9 Å². The van der Waals surface area contributed by atoms with E-state index < -0.39 is 24.5 Å². The molecule has 1 aromatic carbocycles. The van der Waals surface area contributed by atoms with Gasteiger partial charge in [0.05, 0.1) is 32.9 Å². The number of nitrogens with one attached hydrogen (secondary N) is 1. The lowest BCUT2D eigenvalue weighted by Gasteiger charge is -2.12. The van der Waals surface area contributed by atoms with Crippen molar-refractivity contribution in [1.29, 1.82) is 0 Å². The number of thiophene rings is 1. The van der Waals surface area contributed by atoms with Crippen LogP contribution in [-0.4, -0.2) is 52.4 Å². The number of hydrogen-bond acceptors (Lipinski definition) is 9. The number of rotatable bonds is 10. The molecule has 0 atom stereocenters. The lowest BCUT2D eigenvalue weighted by Crippen LogP contribution is -2.19. The average molecular weight is 464 g/mol. The summed E-state index contributed by atoms with van der Waals surface area (Å²) in [5.74, 6) is -0.375. The van der Waals surface area contributed by atoms with E-state index in [1.165, 1.54) is 33.5 Å². The third-order valence-corrected chi connectivity index (χ3v) is 5.22. The van der Waals surface area contributed by atoms with Gasteiger partial charge in [0, 0.05) is 6.08 Å². The van der Waals surface area contributed by atoms with Crippen LogP contribution in [0.1, 0.15) is 27.7 Å². The monoisotopic (exact) mass is 463 g/mol. The zero-order valence-corrected chi connectivity index (χ0v) is 19.3. The van der Waals surface area contributed by atoms with Gasteiger partial charge in [0.2, 0.25) is 5.75 Å². The first kappa shape index (κ1) is 24.7. The Kier molecular flexibility index (Phi) is 9.08. The van der Waals surface area contributed by atoms with Gasteiger partial charge in [-0.25, -0.2) is 9.59 Å². The van der Waals surface area contributed by atoms with E-state index >= 15 is 0 Å². The number of benzene rings is 1. The number of carbonyl (C=O) groups excluding carboxylic acids is 3. The zero-order chi connectivity index (χ0) is 23.7. The largest absolute Gasteiger partial charge is 0.493 e. The summed E-state index contributed by atoms with van der Waals surface area (Å²) in [4.78, 5) is 36.3. The number of hydrogen-bond donors (Lipinski definition) is 1. The molecule has 9 nitrogen and oxygen atoms in total. The molecule has 0 aliphatic heterocycles. The molecule has 1 aromatic heterocycles. The van der Waals surface area contributed by atoms with Gasteiger partial charge in [-0.15, -0.1) is 11.3 Å². The fourth-order valence-electron chi connectivity index (χ4n) is 2.66. The van der Waals surface area contributed by atoms with Crippen LogP contribution >= 0.6 is 11.3 Å². The Morgan fingerprint density at radius 3 is 2.22 bits per heavy atom. The van der Waals surface area contributed by atoms with Crippen LogP contribution in [0.5, 0.6) is 17.2 Å². The quantitative estimate of drug-likeness (QED) is 0.421. The van der Waals surface area contributed by atoms with E-state index in [1.807, 2.05) is 0 Å². The lowest BCUT2D eigenvalue weighted by molar-refractivity contribution is -0.142. The molecule has 0 aliphatic carbocycles. The van der Waals surface area contributed by atoms with Crippen LogP contribution in [0, 0.1) is 6.92 Å². The Morgan fingerprint density at radius 1 is 1.00 bits per heavy atom. The third kappa shape index (κ3) is 6.48. The van der Waals surface area contributed by atoms with Gasteiger partial charge in [0.25, 0.3) is 5.91 Å². The normalized spacial score (nSPS) is 10.5. The second kappa shape index (κ2) is 11.8. The van der Waals surface area contributed by atoms with Crippen molar-refractivity contribution in [2.45, 2.75) is 13.8 Å². The Balaban J connectivity index is 1.94. The number of carbonyl (C=O) groups is 3. The van der Waals surface area contributed by atoms with E-state index in [2.05, 4.69) is 5.32 Å². The molecule has 2 aromatic rings. The highest BCUT2D eigenvalue weighted by molar-refractivity contribution is 7.18. The number of amides is 1. The molecule has 2 rings (SSSR count). The van der Waals surface area contributed by atoms with Crippen LogP contribution in [0.15, 0.2) is 24.3 Å². The van der Waals surface area contributed by atoms with Crippen molar-refractivity contribution in [1.82, 2.24) is 0 Å². The number of anilines is 1. The maximum absolute atomic E-state index is 12.1. The number of ether oxygens (including phenoxy) is 5. The van der Waals surface area contributed by atoms with Crippen LogP contribution in [0.3, 0.4) is 0 Å². The summed E-state index contributed by atoms with van der Waals surface area (Å²) in [5, 5.41) is 3.05. The predicted molar refractivity (Wildman–Crippen MR) is 120 cm³/mol. The number of esters is 2. The number of aryl methyl sites for hydroxylation is 1. The van der Waals surface area contributed by atoms with Gasteiger partial charge in [0.1, 0.15) is 4.88 Å². The minimum absolute atomic E-state index is 0.261. The Labute approximate surface area is 189 Å². The standard InChI is InChI=1S/C22H25NO8S/c1-6-30-22(26)21-13(2)9-18(32-21)23-17(24)12-31-19(25)8-7-14-10-15(27-3)20(29-5)16(11-14)28-4/h7-11H,6,12H2,1-5H3,(H,23,24)/b8-7+. The molecule has 0 radical (unpaired) electrons. The highest BCUT2D eigenvalue weighted by Crippen LogP contribution is 2.38. The molecule has 0 saturated heterocycles. The fourth-order valence-corrected chi connectivity index (χ4v) is 3.65. The van der Waals surface area contributed by atoms with E-state index in [1.54, 1.807) is 32.0 Å². The van der Waals surface area contributed by atoms with Crippen molar-refractivity contribution in [2.24, 2.45) is 0 Å². The summed E-state index contributed by atoms with van der Waals surface area (Å²) in [7, 11) is 4.47. The fraction of sp³-hybridized carbons (Fsp3) is 0.318. The summed E-state index contributed by atoms with van der Waals surface area (Å²) >= 11 is 1.09. The molecule has 172 valence electrons. The minimum atomic E-state index is -0.705. The van der Waals surface area contributed by atoms with Crippen molar-refractivity contribution in [3.05, 3.63) is 40.3 Å². The van der Waals surface area contributed by atoms with Crippen molar-refractivity contribution in [3.63, 3.8) is 0 Å². The van der Waals surface area contributed by atoms with Crippen molar-refractivity contribution < 1.29 is 38.1 Å². The van der Waals surface area contributed by atoms with Gasteiger partial charge in [-0.2, -0.15) is 0 Å². The maximum Gasteiger partial charge on any atom is 0.348 e. The summed E-state index contributed by atoms with van der Waals surface area (Å²) in [6, 6.07) is 4.98. The SMILES string of the molecule is CCOC(=O)c1sc(NC(=O)COC(=O)/C=C/c2cc(OC)c(OC)c(OC)c2)cc1C. The molecule has 1 amide bonds. The first-order valence-corrected chi connectivity index (χ1v) is 10.4. The maximum atomic E-state index is 12.1. The molecular weight excluding hydrogens is 438 g/mol. The van der Waals surface area contributed by atoms with Gasteiger partial charge in [-0.3, -0.25) is 4.79 Å². The molecule has 32 heavy (non-hydrogen) atoms. The number of methoxy groups -OCH3 is 3. The van der Waals surface area contributed by atoms with E-state index in [0.29, 0.717) is 38.3 Å². The van der Waals surface area contributed by atoms with Crippen LogP contribution < -0.4 is 19.5 Å². The zero-order valence-electron chi connectivity index (χ0n) is 18.5. The molecule has 0 saturated carbocycles. The highest BCUT2D eigenvalue weighted by atomic mass is 32.1. The summed E-state index contributed by atoms with van der Waals surface area (Å²) < 4.78 is 25.7. The minimum Gasteiger partial charge on any atom is -0.493 e. The molecule has 0 unspecified atom stereocenters. The molecule has 1 N–H and O–H groups in total. The molecule has 0 bridgehead atoms. The molecular formula is C22H25NO8S. The van der Waals surface area contributed by atoms with Crippen molar-refractivity contribution in [3.8, 4) is 17.2 Å². The summed E-state index contributed by atoms with van der Waals surface area (Å²) in [5.41, 5.74) is 1.30. The Bertz CT molecular complexity index is 986. The molecule has 0 spiro atoms. The van der Waals surface area contributed by atoms with Crippen LogP contribution in [0.4, 0.5) is 5.00 Å². The van der Waals surface area contributed by atoms with Crippen LogP contribution in [0.25, 0.3) is 6.08 Å². The van der Waals surface area contributed by atoms with Crippen LogP contribution in [0.2, 0.25) is 0 Å². The van der Waals surface area contributed by atoms with Crippen LogP contribution in [-0.2, 0) is 19.1 Å². The second-order valence-electron chi connectivity index (χ2n) is 6.29. The predicted octanol–water partition coefficient (Wildman–Crippen LogP) is 3.45. The van der Waals surface area contributed by atoms with Gasteiger partial charge < -0.3 is 29.0 Å². The van der Waals surface area contributed by atoms with Crippen molar-refractivity contribution >= 4 is 40.3 Å². The van der Waals surface area contributed by atoms with E-state index in [4.69, 9.17) is 23.7 Å². The topological polar surface area (TPSA) is 109 Å². The van der Waals surface area contributed by atoms with E-state index in [9.17, 15) is 14.4 Å². The smallest absolute Gasteiger partial charge is 0.348 e. The molecule has 10 heteroatoms. The van der Waals surface area contributed by atoms with Gasteiger partial charge in [-0.1, -0.05) is 0 Å². The van der Waals surface area contributed by atoms with Gasteiger partial charge in [-0.05, 0) is 49.2 Å². The molecule has 0 fully saturated rings. The Morgan fingerprint density at radius 2 is 1.66 bits per heavy atom.